The Kier molecular flexibility index (Phi) is 8.32. The normalized spacial score (nSPS) is 20.1. The van der Waals surface area contributed by atoms with E-state index in [1.807, 2.05) is 18.7 Å². The molecule has 40 heavy (non-hydrogen) atoms. The predicted octanol–water partition coefficient (Wildman–Crippen LogP) is 4.57. The number of aryl methyl sites for hydroxylation is 3. The lowest BCUT2D eigenvalue weighted by Crippen LogP contribution is -2.34. The molecule has 0 saturated carbocycles. The molecule has 1 N–H and O–H groups in total. The van der Waals surface area contributed by atoms with Crippen LogP contribution in [0.4, 0.5) is 5.95 Å². The summed E-state index contributed by atoms with van der Waals surface area (Å²) in [6, 6.07) is 7.92. The molecule has 2 atom stereocenters. The van der Waals surface area contributed by atoms with Gasteiger partial charge in [-0.1, -0.05) is 12.6 Å². The molecule has 2 fully saturated rings. The van der Waals surface area contributed by atoms with Crippen LogP contribution in [0, 0.1) is 20.8 Å². The Labute approximate surface area is 236 Å². The molecule has 1 aromatic carbocycles. The van der Waals surface area contributed by atoms with Crippen molar-refractivity contribution in [3.8, 4) is 0 Å². The van der Waals surface area contributed by atoms with Crippen molar-refractivity contribution in [2.75, 3.05) is 38.6 Å². The van der Waals surface area contributed by atoms with E-state index in [0.29, 0.717) is 24.6 Å². The van der Waals surface area contributed by atoms with Crippen molar-refractivity contribution < 1.29 is 14.3 Å². The number of aromatic nitrogens is 3. The first-order valence-electron chi connectivity index (χ1n) is 14.2. The van der Waals surface area contributed by atoms with Crippen molar-refractivity contribution in [2.24, 2.45) is 0 Å². The zero-order chi connectivity index (χ0) is 28.4. The Hall–Kier alpha value is -3.56. The van der Waals surface area contributed by atoms with E-state index in [1.165, 1.54) is 11.6 Å². The largest absolute Gasteiger partial charge is 0.380 e. The molecule has 2 aromatic heterocycles. The van der Waals surface area contributed by atoms with Crippen molar-refractivity contribution >= 4 is 28.8 Å². The second-order valence-corrected chi connectivity index (χ2v) is 11.2. The number of rotatable bonds is 7. The molecule has 4 heterocycles. The van der Waals surface area contributed by atoms with Gasteiger partial charge in [-0.05, 0) is 81.9 Å². The second kappa shape index (κ2) is 11.9. The summed E-state index contributed by atoms with van der Waals surface area (Å²) in [5, 5.41) is 3.11. The highest BCUT2D eigenvalue weighted by molar-refractivity contribution is 6.04. The van der Waals surface area contributed by atoms with Gasteiger partial charge in [0, 0.05) is 56.8 Å². The Morgan fingerprint density at radius 2 is 1.82 bits per heavy atom. The topological polar surface area (TPSA) is 92.6 Å². The number of benzene rings is 1. The van der Waals surface area contributed by atoms with Gasteiger partial charge >= 0.3 is 0 Å². The highest BCUT2D eigenvalue weighted by atomic mass is 16.5. The van der Waals surface area contributed by atoms with Gasteiger partial charge in [0.1, 0.15) is 0 Å². The number of fused-ring (bicyclic) bond motifs is 1. The van der Waals surface area contributed by atoms with Crippen LogP contribution in [0.1, 0.15) is 64.6 Å². The second-order valence-electron chi connectivity index (χ2n) is 11.2. The van der Waals surface area contributed by atoms with Crippen LogP contribution in [0.5, 0.6) is 0 Å². The number of methoxy groups -OCH3 is 1. The van der Waals surface area contributed by atoms with Crippen LogP contribution < -0.4 is 5.32 Å². The predicted molar refractivity (Wildman–Crippen MR) is 156 cm³/mol. The van der Waals surface area contributed by atoms with Gasteiger partial charge in [-0.25, -0.2) is 4.98 Å². The smallest absolute Gasteiger partial charge is 0.258 e. The van der Waals surface area contributed by atoms with Crippen LogP contribution in [-0.4, -0.2) is 75.5 Å². The molecule has 0 spiro atoms. The number of nitrogens with zero attached hydrogens (tertiary/aromatic N) is 5. The van der Waals surface area contributed by atoms with Crippen molar-refractivity contribution in [3.63, 3.8) is 0 Å². The maximum atomic E-state index is 13.5. The minimum absolute atomic E-state index is 0.0294. The van der Waals surface area contributed by atoms with Gasteiger partial charge in [0.25, 0.3) is 5.91 Å². The number of anilines is 1. The van der Waals surface area contributed by atoms with Crippen molar-refractivity contribution in [1.82, 2.24) is 24.3 Å². The minimum Gasteiger partial charge on any atom is -0.380 e. The minimum atomic E-state index is -0.224. The Bertz CT molecular complexity index is 1410. The third-order valence-corrected chi connectivity index (χ3v) is 8.07. The number of nitrogens with one attached hydrogen (secondary N) is 1. The first-order valence-corrected chi connectivity index (χ1v) is 14.2. The third kappa shape index (κ3) is 5.95. The number of carbonyl (C=O) groups excluding carboxylic acids is 2. The Morgan fingerprint density at radius 3 is 2.52 bits per heavy atom. The van der Waals surface area contributed by atoms with Crippen LogP contribution in [0.2, 0.25) is 0 Å². The van der Waals surface area contributed by atoms with E-state index in [2.05, 4.69) is 45.4 Å². The number of carbonyl (C=O) groups is 2. The quantitative estimate of drug-likeness (QED) is 0.438. The molecule has 2 saturated heterocycles. The zero-order valence-electron chi connectivity index (χ0n) is 24.1. The lowest BCUT2D eigenvalue weighted by atomic mass is 10.1. The van der Waals surface area contributed by atoms with E-state index in [1.54, 1.807) is 19.2 Å². The number of amides is 2. The summed E-state index contributed by atoms with van der Waals surface area (Å²) >= 11 is 0. The van der Waals surface area contributed by atoms with E-state index in [-0.39, 0.29) is 24.0 Å². The molecule has 9 heteroatoms. The first kappa shape index (κ1) is 28.0. The van der Waals surface area contributed by atoms with E-state index in [0.717, 1.165) is 73.3 Å². The highest BCUT2D eigenvalue weighted by Crippen LogP contribution is 2.33. The molecule has 2 aliphatic heterocycles. The fourth-order valence-corrected chi connectivity index (χ4v) is 6.23. The Morgan fingerprint density at radius 1 is 1.05 bits per heavy atom. The SMILES string of the molecule is C=CC(=O)N1CCCC[C@@H](n2c(NC(=O)c3cc(C)nc(C)c3)nc3cc(CN4CC[C@@H](OC)C4)cc(C)c32)C1. The van der Waals surface area contributed by atoms with Gasteiger partial charge in [0.2, 0.25) is 11.9 Å². The molecule has 2 aliphatic rings. The summed E-state index contributed by atoms with van der Waals surface area (Å²) in [6.45, 7) is 13.6. The summed E-state index contributed by atoms with van der Waals surface area (Å²) < 4.78 is 7.71. The number of ether oxygens (including phenoxy) is 1. The molecule has 0 aliphatic carbocycles. The van der Waals surface area contributed by atoms with Gasteiger partial charge < -0.3 is 14.2 Å². The van der Waals surface area contributed by atoms with Crippen LogP contribution in [0.15, 0.2) is 36.9 Å². The van der Waals surface area contributed by atoms with Gasteiger partial charge in [-0.15, -0.1) is 0 Å². The fourth-order valence-electron chi connectivity index (χ4n) is 6.23. The fraction of sp³-hybridized carbons (Fsp3) is 0.484. The standard InChI is InChI=1S/C31H40N6O3/c1-6-28(38)36-11-8-7-9-25(18-36)37-29-20(2)13-23(17-35-12-10-26(19-35)40-5)16-27(29)33-31(37)34-30(39)24-14-21(3)32-22(4)15-24/h6,13-16,25-26H,1,7-12,17-19H2,2-5H3,(H,33,34,39)/t25-,26-/m1/s1. The molecule has 5 rings (SSSR count). The van der Waals surface area contributed by atoms with Gasteiger partial charge in [-0.3, -0.25) is 24.8 Å². The lowest BCUT2D eigenvalue weighted by molar-refractivity contribution is -0.126. The van der Waals surface area contributed by atoms with Crippen LogP contribution >= 0.6 is 0 Å². The molecular formula is C31H40N6O3. The molecular weight excluding hydrogens is 504 g/mol. The van der Waals surface area contributed by atoms with E-state index < -0.39 is 0 Å². The molecule has 3 aromatic rings. The third-order valence-electron chi connectivity index (χ3n) is 8.07. The molecule has 0 bridgehead atoms. The number of likely N-dealkylation sites (tertiary alicyclic amines) is 2. The van der Waals surface area contributed by atoms with Gasteiger partial charge in [0.05, 0.1) is 23.2 Å². The van der Waals surface area contributed by atoms with E-state index in [9.17, 15) is 9.59 Å². The number of pyridine rings is 1. The summed E-state index contributed by atoms with van der Waals surface area (Å²) in [6.07, 6.45) is 5.50. The average molecular weight is 545 g/mol. The summed E-state index contributed by atoms with van der Waals surface area (Å²) in [4.78, 5) is 39.8. The van der Waals surface area contributed by atoms with Crippen LogP contribution in [-0.2, 0) is 16.1 Å². The molecule has 0 radical (unpaired) electrons. The van der Waals surface area contributed by atoms with Crippen molar-refractivity contribution in [2.45, 2.75) is 65.1 Å². The van der Waals surface area contributed by atoms with Crippen LogP contribution in [0.25, 0.3) is 11.0 Å². The van der Waals surface area contributed by atoms with Gasteiger partial charge in [0.15, 0.2) is 0 Å². The lowest BCUT2D eigenvalue weighted by Gasteiger charge is -2.26. The molecule has 9 nitrogen and oxygen atoms in total. The maximum absolute atomic E-state index is 13.5. The van der Waals surface area contributed by atoms with Gasteiger partial charge in [-0.2, -0.15) is 0 Å². The summed E-state index contributed by atoms with van der Waals surface area (Å²) in [5.74, 6) is 0.216. The average Bonchev–Trinajstić information content (AvgIpc) is 3.43. The maximum Gasteiger partial charge on any atom is 0.258 e. The van der Waals surface area contributed by atoms with E-state index >= 15 is 0 Å². The molecule has 2 amide bonds. The van der Waals surface area contributed by atoms with Crippen LogP contribution in [0.3, 0.4) is 0 Å². The first-order chi connectivity index (χ1) is 19.2. The number of hydrogen-bond donors (Lipinski definition) is 1. The zero-order valence-corrected chi connectivity index (χ0v) is 24.1. The molecule has 0 unspecified atom stereocenters. The van der Waals surface area contributed by atoms with Crippen molar-refractivity contribution in [1.29, 1.82) is 0 Å². The van der Waals surface area contributed by atoms with E-state index in [4.69, 9.17) is 9.72 Å². The summed E-state index contributed by atoms with van der Waals surface area (Å²) in [5.41, 5.74) is 6.26. The highest BCUT2D eigenvalue weighted by Gasteiger charge is 2.28. The number of hydrogen-bond acceptors (Lipinski definition) is 6. The number of imidazole rings is 1. The summed E-state index contributed by atoms with van der Waals surface area (Å²) in [7, 11) is 1.78. The Balaban J connectivity index is 1.54. The monoisotopic (exact) mass is 544 g/mol. The molecule has 212 valence electrons. The van der Waals surface area contributed by atoms with Crippen molar-refractivity contribution in [3.05, 3.63) is 65.0 Å².